The molecule has 116 valence electrons. The molecule has 2 heterocycles. The van der Waals surface area contributed by atoms with Crippen molar-refractivity contribution in [3.63, 3.8) is 0 Å². The van der Waals surface area contributed by atoms with Crippen molar-refractivity contribution in [3.05, 3.63) is 53.6 Å². The highest BCUT2D eigenvalue weighted by atomic mass is 19.1. The van der Waals surface area contributed by atoms with Gasteiger partial charge in [0.15, 0.2) is 5.82 Å². The molecule has 0 radical (unpaired) electrons. The first kappa shape index (κ1) is 14.9. The molecule has 0 atom stereocenters. The molecule has 0 saturated carbocycles. The lowest BCUT2D eigenvalue weighted by Gasteiger charge is -2.31. The Morgan fingerprint density at radius 1 is 1.23 bits per heavy atom. The van der Waals surface area contributed by atoms with E-state index in [1.807, 2.05) is 0 Å². The number of rotatable bonds is 4. The van der Waals surface area contributed by atoms with Crippen molar-refractivity contribution in [2.45, 2.75) is 32.4 Å². The van der Waals surface area contributed by atoms with Crippen LogP contribution in [0.25, 0.3) is 0 Å². The topological polar surface area (TPSA) is 38.2 Å². The second kappa shape index (κ2) is 6.83. The predicted molar refractivity (Wildman–Crippen MR) is 82.1 cm³/mol. The van der Waals surface area contributed by atoms with Gasteiger partial charge in [-0.1, -0.05) is 29.8 Å². The molecule has 0 amide bonds. The van der Waals surface area contributed by atoms with Gasteiger partial charge in [0.25, 0.3) is 0 Å². The Hall–Kier alpha value is -2.01. The van der Waals surface area contributed by atoms with E-state index in [2.05, 4.69) is 46.1 Å². The number of benzene rings is 1. The van der Waals surface area contributed by atoms with Crippen LogP contribution in [0, 0.1) is 12.7 Å². The maximum absolute atomic E-state index is 12.8. The van der Waals surface area contributed by atoms with Gasteiger partial charge in [0.2, 0.25) is 0 Å². The first-order valence-electron chi connectivity index (χ1n) is 7.61. The molecule has 1 saturated heterocycles. The van der Waals surface area contributed by atoms with Crippen molar-refractivity contribution < 1.29 is 9.13 Å². The molecule has 1 aromatic carbocycles. The SMILES string of the molecule is Cc1cccc(CN2CCC(Oc3ncc(F)cn3)CC2)c1. The number of ether oxygens (including phenoxy) is 1. The first-order valence-corrected chi connectivity index (χ1v) is 7.61. The van der Waals surface area contributed by atoms with Gasteiger partial charge < -0.3 is 4.74 Å². The number of hydrogen-bond donors (Lipinski definition) is 0. The lowest BCUT2D eigenvalue weighted by atomic mass is 10.1. The van der Waals surface area contributed by atoms with Crippen molar-refractivity contribution in [3.8, 4) is 6.01 Å². The van der Waals surface area contributed by atoms with Gasteiger partial charge in [0, 0.05) is 19.6 Å². The van der Waals surface area contributed by atoms with Crippen molar-refractivity contribution in [1.29, 1.82) is 0 Å². The summed E-state index contributed by atoms with van der Waals surface area (Å²) < 4.78 is 18.5. The molecule has 4 nitrogen and oxygen atoms in total. The van der Waals surface area contributed by atoms with Crippen LogP contribution in [0.15, 0.2) is 36.7 Å². The minimum Gasteiger partial charge on any atom is -0.460 e. The Kier molecular flexibility index (Phi) is 4.63. The van der Waals surface area contributed by atoms with Crippen molar-refractivity contribution in [2.24, 2.45) is 0 Å². The van der Waals surface area contributed by atoms with Crippen molar-refractivity contribution in [2.75, 3.05) is 13.1 Å². The summed E-state index contributed by atoms with van der Waals surface area (Å²) >= 11 is 0. The van der Waals surface area contributed by atoms with E-state index in [0.29, 0.717) is 0 Å². The van der Waals surface area contributed by atoms with Gasteiger partial charge in [-0.15, -0.1) is 0 Å². The fourth-order valence-electron chi connectivity index (χ4n) is 2.76. The Morgan fingerprint density at radius 2 is 1.95 bits per heavy atom. The Labute approximate surface area is 130 Å². The molecule has 0 N–H and O–H groups in total. The molecule has 0 aliphatic carbocycles. The van der Waals surface area contributed by atoms with Gasteiger partial charge in [-0.05, 0) is 25.3 Å². The highest BCUT2D eigenvalue weighted by molar-refractivity contribution is 5.22. The lowest BCUT2D eigenvalue weighted by Crippen LogP contribution is -2.38. The molecular formula is C17H20FN3O. The highest BCUT2D eigenvalue weighted by Gasteiger charge is 2.21. The standard InChI is InChI=1S/C17H20FN3O/c1-13-3-2-4-14(9-13)12-21-7-5-16(6-8-21)22-17-19-10-15(18)11-20-17/h2-4,9-11,16H,5-8,12H2,1H3. The van der Waals surface area contributed by atoms with Crippen LogP contribution in [0.4, 0.5) is 4.39 Å². The largest absolute Gasteiger partial charge is 0.460 e. The third-order valence-electron chi connectivity index (χ3n) is 3.89. The molecule has 1 fully saturated rings. The van der Waals surface area contributed by atoms with E-state index in [-0.39, 0.29) is 12.1 Å². The second-order valence-corrected chi connectivity index (χ2v) is 5.77. The number of piperidine rings is 1. The normalized spacial score (nSPS) is 16.6. The number of aromatic nitrogens is 2. The highest BCUT2D eigenvalue weighted by Crippen LogP contribution is 2.18. The first-order chi connectivity index (χ1) is 10.7. The summed E-state index contributed by atoms with van der Waals surface area (Å²) in [5, 5.41) is 0. The summed E-state index contributed by atoms with van der Waals surface area (Å²) in [5.74, 6) is -0.444. The van der Waals surface area contributed by atoms with Crippen LogP contribution in [-0.4, -0.2) is 34.1 Å². The van der Waals surface area contributed by atoms with E-state index in [0.717, 1.165) is 44.9 Å². The lowest BCUT2D eigenvalue weighted by molar-refractivity contribution is 0.0890. The number of likely N-dealkylation sites (tertiary alicyclic amines) is 1. The van der Waals surface area contributed by atoms with Gasteiger partial charge in [0.05, 0.1) is 12.4 Å². The molecule has 3 rings (SSSR count). The smallest absolute Gasteiger partial charge is 0.316 e. The maximum atomic E-state index is 12.8. The third-order valence-corrected chi connectivity index (χ3v) is 3.89. The number of hydrogen-bond acceptors (Lipinski definition) is 4. The zero-order valence-electron chi connectivity index (χ0n) is 12.7. The Bertz CT molecular complexity index is 610. The van der Waals surface area contributed by atoms with Crippen LogP contribution in [0.5, 0.6) is 6.01 Å². The zero-order chi connectivity index (χ0) is 15.4. The van der Waals surface area contributed by atoms with Crippen molar-refractivity contribution >= 4 is 0 Å². The van der Waals surface area contributed by atoms with Crippen LogP contribution in [0.2, 0.25) is 0 Å². The summed E-state index contributed by atoms with van der Waals surface area (Å²) in [6, 6.07) is 8.88. The summed E-state index contributed by atoms with van der Waals surface area (Å²) in [5.41, 5.74) is 2.64. The zero-order valence-corrected chi connectivity index (χ0v) is 12.7. The summed E-state index contributed by atoms with van der Waals surface area (Å²) in [4.78, 5) is 10.1. The second-order valence-electron chi connectivity index (χ2n) is 5.77. The van der Waals surface area contributed by atoms with Gasteiger partial charge in [-0.3, -0.25) is 4.90 Å². The monoisotopic (exact) mass is 301 g/mol. The summed E-state index contributed by atoms with van der Waals surface area (Å²) in [6.45, 7) is 5.06. The molecule has 5 heteroatoms. The quantitative estimate of drug-likeness (QED) is 0.870. The molecule has 0 unspecified atom stereocenters. The van der Waals surface area contributed by atoms with Gasteiger partial charge >= 0.3 is 6.01 Å². The Morgan fingerprint density at radius 3 is 2.64 bits per heavy atom. The van der Waals surface area contributed by atoms with Crippen LogP contribution >= 0.6 is 0 Å². The van der Waals surface area contributed by atoms with E-state index in [4.69, 9.17) is 4.74 Å². The average molecular weight is 301 g/mol. The number of aryl methyl sites for hydroxylation is 1. The van der Waals surface area contributed by atoms with Crippen LogP contribution in [0.3, 0.4) is 0 Å². The average Bonchev–Trinajstić information content (AvgIpc) is 2.52. The molecule has 0 spiro atoms. The molecule has 2 aromatic rings. The minimum absolute atomic E-state index is 0.110. The van der Waals surface area contributed by atoms with Gasteiger partial charge in [-0.2, -0.15) is 0 Å². The van der Waals surface area contributed by atoms with E-state index < -0.39 is 5.82 Å². The third kappa shape index (κ3) is 4.01. The fourth-order valence-corrected chi connectivity index (χ4v) is 2.76. The summed E-state index contributed by atoms with van der Waals surface area (Å²) in [7, 11) is 0. The van der Waals surface area contributed by atoms with E-state index in [1.54, 1.807) is 0 Å². The molecular weight excluding hydrogens is 281 g/mol. The maximum Gasteiger partial charge on any atom is 0.316 e. The Balaban J connectivity index is 1.49. The van der Waals surface area contributed by atoms with Gasteiger partial charge in [-0.25, -0.2) is 14.4 Å². The van der Waals surface area contributed by atoms with E-state index in [9.17, 15) is 4.39 Å². The van der Waals surface area contributed by atoms with Crippen LogP contribution in [0.1, 0.15) is 24.0 Å². The number of nitrogens with zero attached hydrogens (tertiary/aromatic N) is 3. The fraction of sp³-hybridized carbons (Fsp3) is 0.412. The number of halogens is 1. The predicted octanol–water partition coefficient (Wildman–Crippen LogP) is 2.97. The molecule has 1 aliphatic rings. The molecule has 22 heavy (non-hydrogen) atoms. The van der Waals surface area contributed by atoms with E-state index >= 15 is 0 Å². The van der Waals surface area contributed by atoms with E-state index in [1.165, 1.54) is 11.1 Å². The van der Waals surface area contributed by atoms with Crippen molar-refractivity contribution in [1.82, 2.24) is 14.9 Å². The molecule has 0 bridgehead atoms. The minimum atomic E-state index is -0.444. The van der Waals surface area contributed by atoms with Crippen LogP contribution in [-0.2, 0) is 6.54 Å². The molecule has 1 aromatic heterocycles. The van der Waals surface area contributed by atoms with Gasteiger partial charge in [0.1, 0.15) is 6.10 Å². The summed E-state index contributed by atoms with van der Waals surface area (Å²) in [6.07, 6.45) is 4.25. The van der Waals surface area contributed by atoms with Crippen LogP contribution < -0.4 is 4.74 Å². The molecule has 1 aliphatic heterocycles.